The van der Waals surface area contributed by atoms with Crippen molar-refractivity contribution in [2.75, 3.05) is 34.9 Å². The molecule has 0 aliphatic carbocycles. The Morgan fingerprint density at radius 2 is 1.79 bits per heavy atom. The molecular formula is C19H21N3O6. The number of para-hydroxylation sites is 1. The molecule has 1 aromatic heterocycles. The van der Waals surface area contributed by atoms with Crippen LogP contribution >= 0.6 is 0 Å². The Hall–Kier alpha value is -3.33. The lowest BCUT2D eigenvalue weighted by Crippen LogP contribution is -2.20. The zero-order valence-corrected chi connectivity index (χ0v) is 16.1. The molecule has 0 saturated heterocycles. The number of likely N-dealkylation sites (N-methyl/N-ethyl adjacent to an activating group) is 1. The van der Waals surface area contributed by atoms with Crippen LogP contribution in [0.15, 0.2) is 30.5 Å². The molecule has 0 radical (unpaired) electrons. The van der Waals surface area contributed by atoms with E-state index >= 15 is 0 Å². The normalized spacial score (nSPS) is 10.6. The Kier molecular flexibility index (Phi) is 6.78. The van der Waals surface area contributed by atoms with E-state index in [4.69, 9.17) is 9.47 Å². The first kappa shape index (κ1) is 21.0. The zero-order chi connectivity index (χ0) is 20.8. The second-order valence-corrected chi connectivity index (χ2v) is 6.18. The van der Waals surface area contributed by atoms with Crippen molar-refractivity contribution in [3.05, 3.63) is 57.4 Å². The van der Waals surface area contributed by atoms with E-state index in [0.29, 0.717) is 18.7 Å². The largest absolute Gasteiger partial charge is 0.465 e. The van der Waals surface area contributed by atoms with Crippen LogP contribution in [0.3, 0.4) is 0 Å². The molecule has 0 aliphatic rings. The Bertz CT molecular complexity index is 911. The fraction of sp³-hybridized carbons (Fsp3) is 0.316. The van der Waals surface area contributed by atoms with Gasteiger partial charge in [-0.2, -0.15) is 0 Å². The minimum absolute atomic E-state index is 0.0153. The molecule has 2 aromatic rings. The highest BCUT2D eigenvalue weighted by Gasteiger charge is 2.29. The van der Waals surface area contributed by atoms with E-state index in [1.54, 1.807) is 6.07 Å². The predicted molar refractivity (Wildman–Crippen MR) is 101 cm³/mol. The number of nitrogens with zero attached hydrogens (tertiary/aromatic N) is 3. The molecule has 0 saturated carbocycles. The number of esters is 2. The summed E-state index contributed by atoms with van der Waals surface area (Å²) in [4.78, 5) is 42.1. The average Bonchev–Trinajstić information content (AvgIpc) is 2.70. The third-order valence-corrected chi connectivity index (χ3v) is 4.12. The number of nitro benzene ring substituents is 1. The van der Waals surface area contributed by atoms with Crippen LogP contribution in [0.5, 0.6) is 0 Å². The third-order valence-electron chi connectivity index (χ3n) is 4.12. The number of methoxy groups -OCH3 is 2. The fourth-order valence-electron chi connectivity index (χ4n) is 2.78. The fourth-order valence-corrected chi connectivity index (χ4v) is 2.78. The highest BCUT2D eigenvalue weighted by Crippen LogP contribution is 2.36. The van der Waals surface area contributed by atoms with Gasteiger partial charge in [0.1, 0.15) is 0 Å². The topological polar surface area (TPSA) is 112 Å². The Labute approximate surface area is 162 Å². The van der Waals surface area contributed by atoms with E-state index < -0.39 is 16.9 Å². The number of hydrogen-bond donors (Lipinski definition) is 0. The molecule has 0 unspecified atom stereocenters. The number of benzene rings is 1. The van der Waals surface area contributed by atoms with Gasteiger partial charge < -0.3 is 14.4 Å². The van der Waals surface area contributed by atoms with E-state index in [1.807, 2.05) is 19.0 Å². The molecule has 1 heterocycles. The quantitative estimate of drug-likeness (QED) is 0.404. The number of aromatic nitrogens is 1. The number of carbonyl (C=O) groups is 2. The van der Waals surface area contributed by atoms with Crippen molar-refractivity contribution in [2.45, 2.75) is 6.42 Å². The average molecular weight is 387 g/mol. The predicted octanol–water partition coefficient (Wildman–Crippen LogP) is 2.33. The summed E-state index contributed by atoms with van der Waals surface area (Å²) in [6.07, 6.45) is 1.65. The van der Waals surface area contributed by atoms with Crippen LogP contribution in [0.4, 0.5) is 5.69 Å². The van der Waals surface area contributed by atoms with Crippen molar-refractivity contribution in [3.63, 3.8) is 0 Å². The highest BCUT2D eigenvalue weighted by molar-refractivity contribution is 6.07. The maximum atomic E-state index is 12.6. The molecule has 28 heavy (non-hydrogen) atoms. The molecule has 0 N–H and O–H groups in total. The third kappa shape index (κ3) is 4.32. The van der Waals surface area contributed by atoms with E-state index in [1.165, 1.54) is 38.6 Å². The van der Waals surface area contributed by atoms with Gasteiger partial charge in [-0.05, 0) is 20.2 Å². The number of rotatable bonds is 7. The standard InChI is InChI=1S/C19H21N3O6/c1-21(2)10-9-14-17(19(24)28-4)16(13(11-20-14)18(23)27-3)12-7-5-6-8-15(12)22(25)26/h5-8,11H,9-10H2,1-4H3. The molecule has 9 heteroatoms. The molecule has 0 atom stereocenters. The summed E-state index contributed by atoms with van der Waals surface area (Å²) in [6, 6.07) is 5.87. The molecular weight excluding hydrogens is 366 g/mol. The SMILES string of the molecule is COC(=O)c1cnc(CCN(C)C)c(C(=O)OC)c1-c1ccccc1[N+](=O)[O-]. The summed E-state index contributed by atoms with van der Waals surface area (Å²) in [7, 11) is 6.11. The number of nitro groups is 1. The van der Waals surface area contributed by atoms with Gasteiger partial charge in [-0.3, -0.25) is 15.1 Å². The number of hydrogen-bond acceptors (Lipinski definition) is 8. The van der Waals surface area contributed by atoms with Crippen LogP contribution in [0.2, 0.25) is 0 Å². The van der Waals surface area contributed by atoms with E-state index in [2.05, 4.69) is 4.98 Å². The van der Waals surface area contributed by atoms with Crippen molar-refractivity contribution in [3.8, 4) is 11.1 Å². The molecule has 0 fully saturated rings. The first-order valence-corrected chi connectivity index (χ1v) is 8.38. The van der Waals surface area contributed by atoms with Crippen LogP contribution in [-0.4, -0.2) is 61.6 Å². The van der Waals surface area contributed by atoms with Crippen molar-refractivity contribution in [2.24, 2.45) is 0 Å². The number of pyridine rings is 1. The monoisotopic (exact) mass is 387 g/mol. The lowest BCUT2D eigenvalue weighted by Gasteiger charge is -2.17. The van der Waals surface area contributed by atoms with E-state index in [9.17, 15) is 19.7 Å². The molecule has 2 rings (SSSR count). The first-order chi connectivity index (χ1) is 13.3. The molecule has 1 aromatic carbocycles. The number of ether oxygens (including phenoxy) is 2. The van der Waals surface area contributed by atoms with E-state index in [-0.39, 0.29) is 27.9 Å². The summed E-state index contributed by atoms with van der Waals surface area (Å²) in [5, 5.41) is 11.5. The van der Waals surface area contributed by atoms with Crippen LogP contribution in [0.1, 0.15) is 26.4 Å². The van der Waals surface area contributed by atoms with Crippen molar-refractivity contribution < 1.29 is 24.0 Å². The summed E-state index contributed by atoms with van der Waals surface area (Å²) < 4.78 is 9.70. The van der Waals surface area contributed by atoms with Gasteiger partial charge in [0.15, 0.2) is 0 Å². The minimum Gasteiger partial charge on any atom is -0.465 e. The Morgan fingerprint density at radius 3 is 2.36 bits per heavy atom. The van der Waals surface area contributed by atoms with Gasteiger partial charge in [-0.25, -0.2) is 9.59 Å². The zero-order valence-electron chi connectivity index (χ0n) is 16.1. The van der Waals surface area contributed by atoms with Gasteiger partial charge in [0.05, 0.1) is 41.5 Å². The van der Waals surface area contributed by atoms with Gasteiger partial charge >= 0.3 is 11.9 Å². The molecule has 148 valence electrons. The Morgan fingerprint density at radius 1 is 1.14 bits per heavy atom. The molecule has 9 nitrogen and oxygen atoms in total. The summed E-state index contributed by atoms with van der Waals surface area (Å²) in [6.45, 7) is 0.574. The van der Waals surface area contributed by atoms with Crippen molar-refractivity contribution in [1.82, 2.24) is 9.88 Å². The van der Waals surface area contributed by atoms with Crippen LogP contribution in [0, 0.1) is 10.1 Å². The van der Waals surface area contributed by atoms with Crippen molar-refractivity contribution in [1.29, 1.82) is 0 Å². The van der Waals surface area contributed by atoms with Gasteiger partial charge in [0, 0.05) is 30.8 Å². The smallest absolute Gasteiger partial charge is 0.340 e. The van der Waals surface area contributed by atoms with E-state index in [0.717, 1.165) is 0 Å². The molecule has 0 spiro atoms. The highest BCUT2D eigenvalue weighted by atomic mass is 16.6. The summed E-state index contributed by atoms with van der Waals surface area (Å²) in [5.74, 6) is -1.50. The Balaban J connectivity index is 2.89. The second-order valence-electron chi connectivity index (χ2n) is 6.18. The summed E-state index contributed by atoms with van der Waals surface area (Å²) in [5.41, 5.74) is 0.285. The van der Waals surface area contributed by atoms with Crippen LogP contribution in [0.25, 0.3) is 11.1 Å². The minimum atomic E-state index is -0.759. The lowest BCUT2D eigenvalue weighted by atomic mass is 9.92. The van der Waals surface area contributed by atoms with Crippen molar-refractivity contribution >= 4 is 17.6 Å². The van der Waals surface area contributed by atoms with Gasteiger partial charge in [-0.1, -0.05) is 12.1 Å². The van der Waals surface area contributed by atoms with Gasteiger partial charge in [0.25, 0.3) is 5.69 Å². The van der Waals surface area contributed by atoms with Crippen LogP contribution < -0.4 is 0 Å². The maximum absolute atomic E-state index is 12.6. The molecule has 0 amide bonds. The summed E-state index contributed by atoms with van der Waals surface area (Å²) >= 11 is 0. The molecule has 0 bridgehead atoms. The first-order valence-electron chi connectivity index (χ1n) is 8.38. The van der Waals surface area contributed by atoms with Gasteiger partial charge in [-0.15, -0.1) is 0 Å². The number of carbonyl (C=O) groups excluding carboxylic acids is 2. The molecule has 0 aliphatic heterocycles. The lowest BCUT2D eigenvalue weighted by molar-refractivity contribution is -0.384. The van der Waals surface area contributed by atoms with Crippen LogP contribution in [-0.2, 0) is 15.9 Å². The second kappa shape index (κ2) is 9.05. The van der Waals surface area contributed by atoms with Gasteiger partial charge in [0.2, 0.25) is 0 Å². The maximum Gasteiger partial charge on any atom is 0.340 e.